The molecule has 2 rings (SSSR count). The Bertz CT molecular complexity index is 498. The highest BCUT2D eigenvalue weighted by molar-refractivity contribution is 6.22. The van der Waals surface area contributed by atoms with Crippen LogP contribution in [0.1, 0.15) is 20.7 Å². The van der Waals surface area contributed by atoms with E-state index in [-0.39, 0.29) is 0 Å². The lowest BCUT2D eigenvalue weighted by molar-refractivity contribution is -0.134. The molecule has 0 aromatic heterocycles. The quantitative estimate of drug-likeness (QED) is 0.432. The third kappa shape index (κ3) is 1.82. The first-order valence-electron chi connectivity index (χ1n) is 4.88. The van der Waals surface area contributed by atoms with Crippen molar-refractivity contribution in [2.24, 2.45) is 0 Å². The molecule has 1 heterocycles. The molecule has 0 spiro atoms. The van der Waals surface area contributed by atoms with Crippen molar-refractivity contribution in [1.82, 2.24) is 4.90 Å². The normalized spacial score (nSPS) is 14.3. The van der Waals surface area contributed by atoms with E-state index in [1.165, 1.54) is 7.11 Å². The Kier molecular flexibility index (Phi) is 2.74. The predicted molar refractivity (Wildman–Crippen MR) is 58.1 cm³/mol. The van der Waals surface area contributed by atoms with Gasteiger partial charge in [0.1, 0.15) is 0 Å². The number of fused-ring (bicyclic) bond motifs is 1. The predicted octanol–water partition coefficient (Wildman–Crippen LogP) is 0.969. The highest BCUT2D eigenvalue weighted by Crippen LogP contribution is 2.22. The van der Waals surface area contributed by atoms with E-state index in [2.05, 4.69) is 4.74 Å². The van der Waals surface area contributed by atoms with Crippen LogP contribution in [0.5, 0.6) is 0 Å². The molecule has 1 aliphatic rings. The van der Waals surface area contributed by atoms with E-state index >= 15 is 0 Å². The summed E-state index contributed by atoms with van der Waals surface area (Å²) in [6, 6.07) is 6.50. The van der Waals surface area contributed by atoms with Gasteiger partial charge in [0.25, 0.3) is 11.8 Å². The number of ether oxygens (including phenoxy) is 1. The van der Waals surface area contributed by atoms with Gasteiger partial charge in [-0.05, 0) is 12.1 Å². The largest absolute Gasteiger partial charge is 0.466 e. The number of benzene rings is 1. The number of esters is 1. The number of imide groups is 1. The number of amides is 2. The van der Waals surface area contributed by atoms with Gasteiger partial charge >= 0.3 is 5.97 Å². The van der Waals surface area contributed by atoms with Crippen molar-refractivity contribution < 1.29 is 19.1 Å². The Labute approximate surface area is 97.3 Å². The molecule has 2 amide bonds. The molecule has 0 bridgehead atoms. The van der Waals surface area contributed by atoms with Crippen molar-refractivity contribution in [3.05, 3.63) is 47.7 Å². The lowest BCUT2D eigenvalue weighted by Gasteiger charge is -2.05. The van der Waals surface area contributed by atoms with Crippen molar-refractivity contribution >= 4 is 17.8 Å². The monoisotopic (exact) mass is 231 g/mol. The Morgan fingerprint density at radius 1 is 1.18 bits per heavy atom. The number of carbonyl (C=O) groups excluding carboxylic acids is 3. The Morgan fingerprint density at radius 2 is 1.71 bits per heavy atom. The summed E-state index contributed by atoms with van der Waals surface area (Å²) in [5.74, 6) is -1.50. The van der Waals surface area contributed by atoms with Gasteiger partial charge in [0.15, 0.2) is 0 Å². The van der Waals surface area contributed by atoms with Crippen LogP contribution in [0.4, 0.5) is 0 Å². The number of hydrogen-bond donors (Lipinski definition) is 0. The number of methoxy groups -OCH3 is 1. The highest BCUT2D eigenvalue weighted by atomic mass is 16.5. The second-order valence-electron chi connectivity index (χ2n) is 3.36. The minimum absolute atomic E-state index is 0.340. The van der Waals surface area contributed by atoms with E-state index in [4.69, 9.17) is 0 Å². The van der Waals surface area contributed by atoms with Crippen LogP contribution in [0.15, 0.2) is 36.5 Å². The number of hydrogen-bond acceptors (Lipinski definition) is 4. The van der Waals surface area contributed by atoms with Gasteiger partial charge < -0.3 is 4.74 Å². The standard InChI is InChI=1S/C12H9NO4/c1-17-10(14)6-7-13-11(15)8-4-2-3-5-9(8)12(13)16/h2-7H,1H3/b7-6-. The molecule has 0 saturated carbocycles. The minimum atomic E-state index is -0.624. The van der Waals surface area contributed by atoms with Gasteiger partial charge in [0.2, 0.25) is 0 Å². The lowest BCUT2D eigenvalue weighted by Crippen LogP contribution is -2.23. The molecular formula is C12H9NO4. The summed E-state index contributed by atoms with van der Waals surface area (Å²) in [4.78, 5) is 35.4. The average molecular weight is 231 g/mol. The Morgan fingerprint density at radius 3 is 2.18 bits per heavy atom. The van der Waals surface area contributed by atoms with Crippen LogP contribution in [0, 0.1) is 0 Å². The average Bonchev–Trinajstić information content (AvgIpc) is 2.60. The van der Waals surface area contributed by atoms with Crippen molar-refractivity contribution in [3.63, 3.8) is 0 Å². The summed E-state index contributed by atoms with van der Waals surface area (Å²) in [5, 5.41) is 0. The smallest absolute Gasteiger partial charge is 0.331 e. The molecule has 0 saturated heterocycles. The molecule has 0 aliphatic carbocycles. The fourth-order valence-electron chi connectivity index (χ4n) is 1.55. The van der Waals surface area contributed by atoms with Crippen molar-refractivity contribution in [1.29, 1.82) is 0 Å². The summed E-state index contributed by atoms with van der Waals surface area (Å²) in [6.45, 7) is 0. The van der Waals surface area contributed by atoms with Crippen LogP contribution in [0.25, 0.3) is 0 Å². The van der Waals surface area contributed by atoms with Gasteiger partial charge in [-0.15, -0.1) is 0 Å². The lowest BCUT2D eigenvalue weighted by atomic mass is 10.1. The highest BCUT2D eigenvalue weighted by Gasteiger charge is 2.33. The first kappa shape index (κ1) is 11.1. The fourth-order valence-corrected chi connectivity index (χ4v) is 1.55. The van der Waals surface area contributed by atoms with E-state index < -0.39 is 17.8 Å². The first-order chi connectivity index (χ1) is 8.15. The maximum absolute atomic E-state index is 11.8. The zero-order chi connectivity index (χ0) is 12.4. The minimum Gasteiger partial charge on any atom is -0.466 e. The van der Waals surface area contributed by atoms with E-state index in [9.17, 15) is 14.4 Å². The third-order valence-corrected chi connectivity index (χ3v) is 2.39. The summed E-state index contributed by atoms with van der Waals surface area (Å²) in [7, 11) is 1.22. The van der Waals surface area contributed by atoms with E-state index in [0.717, 1.165) is 17.2 Å². The van der Waals surface area contributed by atoms with E-state index in [0.29, 0.717) is 11.1 Å². The van der Waals surface area contributed by atoms with Crippen LogP contribution in [-0.2, 0) is 9.53 Å². The van der Waals surface area contributed by atoms with Crippen molar-refractivity contribution in [2.45, 2.75) is 0 Å². The second kappa shape index (κ2) is 4.21. The van der Waals surface area contributed by atoms with Crippen LogP contribution in [-0.4, -0.2) is 29.8 Å². The summed E-state index contributed by atoms with van der Waals surface area (Å²) < 4.78 is 4.38. The molecular weight excluding hydrogens is 222 g/mol. The van der Waals surface area contributed by atoms with Gasteiger partial charge in [-0.25, -0.2) is 9.69 Å². The molecule has 0 radical (unpaired) electrons. The second-order valence-corrected chi connectivity index (χ2v) is 3.36. The molecule has 5 nitrogen and oxygen atoms in total. The molecule has 5 heteroatoms. The van der Waals surface area contributed by atoms with Crippen molar-refractivity contribution in [3.8, 4) is 0 Å². The van der Waals surface area contributed by atoms with E-state index in [1.807, 2.05) is 0 Å². The zero-order valence-corrected chi connectivity index (χ0v) is 9.04. The Balaban J connectivity index is 2.31. The molecule has 0 unspecified atom stereocenters. The topological polar surface area (TPSA) is 63.7 Å². The molecule has 1 aliphatic heterocycles. The Hall–Kier alpha value is -2.43. The van der Waals surface area contributed by atoms with Crippen LogP contribution < -0.4 is 0 Å². The summed E-state index contributed by atoms with van der Waals surface area (Å²) in [6.07, 6.45) is 2.15. The summed E-state index contributed by atoms with van der Waals surface area (Å²) >= 11 is 0. The van der Waals surface area contributed by atoms with Crippen LogP contribution >= 0.6 is 0 Å². The zero-order valence-electron chi connectivity index (χ0n) is 9.04. The van der Waals surface area contributed by atoms with Crippen molar-refractivity contribution in [2.75, 3.05) is 7.11 Å². The fraction of sp³-hybridized carbons (Fsp3) is 0.0833. The van der Waals surface area contributed by atoms with Gasteiger partial charge in [-0.3, -0.25) is 9.59 Å². The number of nitrogens with zero attached hydrogens (tertiary/aromatic N) is 1. The third-order valence-electron chi connectivity index (χ3n) is 2.39. The number of rotatable bonds is 2. The maximum atomic E-state index is 11.8. The number of carbonyl (C=O) groups is 3. The van der Waals surface area contributed by atoms with Gasteiger partial charge in [0.05, 0.1) is 18.2 Å². The SMILES string of the molecule is COC(=O)/C=C\N1C(=O)c2ccccc2C1=O. The van der Waals surface area contributed by atoms with Gasteiger partial charge in [0, 0.05) is 12.3 Å². The first-order valence-corrected chi connectivity index (χ1v) is 4.88. The molecule has 0 atom stereocenters. The van der Waals surface area contributed by atoms with Gasteiger partial charge in [-0.1, -0.05) is 12.1 Å². The summed E-state index contributed by atoms with van der Waals surface area (Å²) in [5.41, 5.74) is 0.680. The maximum Gasteiger partial charge on any atom is 0.331 e. The van der Waals surface area contributed by atoms with Crippen LogP contribution in [0.2, 0.25) is 0 Å². The molecule has 0 fully saturated rings. The molecule has 0 N–H and O–H groups in total. The van der Waals surface area contributed by atoms with E-state index in [1.54, 1.807) is 24.3 Å². The molecule has 1 aromatic carbocycles. The molecule has 1 aromatic rings. The van der Waals surface area contributed by atoms with Gasteiger partial charge in [-0.2, -0.15) is 0 Å². The molecule has 17 heavy (non-hydrogen) atoms. The van der Waals surface area contributed by atoms with Crippen LogP contribution in [0.3, 0.4) is 0 Å². The molecule has 86 valence electrons.